The minimum absolute atomic E-state index is 0.296. The summed E-state index contributed by atoms with van der Waals surface area (Å²) in [7, 11) is 0. The molecule has 0 atom stereocenters. The predicted molar refractivity (Wildman–Crippen MR) is 63.0 cm³/mol. The Morgan fingerprint density at radius 1 is 1.62 bits per heavy atom. The molecule has 1 heterocycles. The van der Waals surface area contributed by atoms with Crippen molar-refractivity contribution >= 4 is 17.7 Å². The van der Waals surface area contributed by atoms with E-state index in [1.807, 2.05) is 19.9 Å². The highest BCUT2D eigenvalue weighted by molar-refractivity contribution is 7.99. The number of hydrogen-bond acceptors (Lipinski definition) is 4. The smallest absolute Gasteiger partial charge is 0.218 e. The van der Waals surface area contributed by atoms with Crippen LogP contribution in [0.15, 0.2) is 11.1 Å². The molecule has 4 nitrogen and oxygen atoms in total. The maximum Gasteiger partial charge on any atom is 0.218 e. The lowest BCUT2D eigenvalue weighted by Crippen LogP contribution is -2.11. The lowest BCUT2D eigenvalue weighted by atomic mass is 10.1. The molecule has 0 spiro atoms. The summed E-state index contributed by atoms with van der Waals surface area (Å²) in [6.07, 6.45) is 0.296. The number of amides is 1. The van der Waals surface area contributed by atoms with E-state index in [9.17, 15) is 4.79 Å². The molecule has 0 saturated carbocycles. The van der Waals surface area contributed by atoms with Crippen molar-refractivity contribution in [3.05, 3.63) is 22.9 Å². The molecule has 0 aliphatic heterocycles. The SMILES string of the molecule is Cc1cc(C)c(C#N)c(SCCC(N)=O)n1. The number of nitrogens with zero attached hydrogens (tertiary/aromatic N) is 2. The number of thioether (sulfide) groups is 1. The minimum Gasteiger partial charge on any atom is -0.370 e. The summed E-state index contributed by atoms with van der Waals surface area (Å²) >= 11 is 1.39. The highest BCUT2D eigenvalue weighted by atomic mass is 32.2. The number of nitriles is 1. The Kier molecular flexibility index (Phi) is 4.32. The Morgan fingerprint density at radius 3 is 2.88 bits per heavy atom. The van der Waals surface area contributed by atoms with Gasteiger partial charge in [-0.1, -0.05) is 0 Å². The van der Waals surface area contributed by atoms with E-state index in [-0.39, 0.29) is 5.91 Å². The van der Waals surface area contributed by atoms with E-state index in [1.165, 1.54) is 11.8 Å². The monoisotopic (exact) mass is 235 g/mol. The molecule has 1 aromatic heterocycles. The summed E-state index contributed by atoms with van der Waals surface area (Å²) < 4.78 is 0. The zero-order valence-corrected chi connectivity index (χ0v) is 10.1. The maximum absolute atomic E-state index is 10.6. The number of aromatic nitrogens is 1. The van der Waals surface area contributed by atoms with Gasteiger partial charge in [-0.25, -0.2) is 4.98 Å². The molecular formula is C11H13N3OS. The molecule has 0 unspecified atom stereocenters. The summed E-state index contributed by atoms with van der Waals surface area (Å²) in [4.78, 5) is 14.9. The summed E-state index contributed by atoms with van der Waals surface area (Å²) in [5.74, 6) is 0.218. The van der Waals surface area contributed by atoms with Crippen LogP contribution in [0, 0.1) is 25.2 Å². The van der Waals surface area contributed by atoms with Crippen molar-refractivity contribution in [2.24, 2.45) is 5.73 Å². The molecule has 5 heteroatoms. The molecule has 0 radical (unpaired) electrons. The second kappa shape index (κ2) is 5.52. The van der Waals surface area contributed by atoms with Gasteiger partial charge >= 0.3 is 0 Å². The van der Waals surface area contributed by atoms with E-state index >= 15 is 0 Å². The number of hydrogen-bond donors (Lipinski definition) is 1. The lowest BCUT2D eigenvalue weighted by Gasteiger charge is -2.06. The second-order valence-electron chi connectivity index (χ2n) is 3.44. The zero-order chi connectivity index (χ0) is 12.1. The third-order valence-electron chi connectivity index (χ3n) is 2.01. The molecule has 0 aliphatic carbocycles. The number of carbonyl (C=O) groups is 1. The van der Waals surface area contributed by atoms with E-state index in [2.05, 4.69) is 11.1 Å². The number of primary amides is 1. The van der Waals surface area contributed by atoms with Crippen molar-refractivity contribution in [1.29, 1.82) is 5.26 Å². The summed E-state index contributed by atoms with van der Waals surface area (Å²) in [5.41, 5.74) is 7.42. The average Bonchev–Trinajstić information content (AvgIpc) is 2.16. The number of rotatable bonds is 4. The molecule has 0 bridgehead atoms. The largest absolute Gasteiger partial charge is 0.370 e. The van der Waals surface area contributed by atoms with E-state index in [1.54, 1.807) is 0 Å². The Hall–Kier alpha value is -1.54. The first-order chi connectivity index (χ1) is 7.54. The van der Waals surface area contributed by atoms with Crippen LogP contribution in [0.25, 0.3) is 0 Å². The fourth-order valence-corrected chi connectivity index (χ4v) is 2.35. The van der Waals surface area contributed by atoms with Gasteiger partial charge in [0.15, 0.2) is 0 Å². The van der Waals surface area contributed by atoms with Gasteiger partial charge in [0.05, 0.1) is 5.56 Å². The molecule has 16 heavy (non-hydrogen) atoms. The molecule has 0 aliphatic rings. The standard InChI is InChI=1S/C11H13N3OS/c1-7-5-8(2)14-11(9(7)6-12)16-4-3-10(13)15/h5H,3-4H2,1-2H3,(H2,13,15). The van der Waals surface area contributed by atoms with Crippen LogP contribution in [-0.4, -0.2) is 16.6 Å². The molecular weight excluding hydrogens is 222 g/mol. The molecule has 0 fully saturated rings. The fraction of sp³-hybridized carbons (Fsp3) is 0.364. The third-order valence-corrected chi connectivity index (χ3v) is 2.99. The van der Waals surface area contributed by atoms with Crippen molar-refractivity contribution < 1.29 is 4.79 Å². The highest BCUT2D eigenvalue weighted by Gasteiger charge is 2.09. The first-order valence-corrected chi connectivity index (χ1v) is 5.82. The number of pyridine rings is 1. The Bertz CT molecular complexity index is 451. The fourth-order valence-electron chi connectivity index (χ4n) is 1.29. The maximum atomic E-state index is 10.6. The van der Waals surface area contributed by atoms with Gasteiger partial charge in [-0.3, -0.25) is 4.79 Å². The number of nitrogens with two attached hydrogens (primary N) is 1. The normalized spacial score (nSPS) is 9.81. The quantitative estimate of drug-likeness (QED) is 0.803. The van der Waals surface area contributed by atoms with Gasteiger partial charge in [-0.15, -0.1) is 11.8 Å². The van der Waals surface area contributed by atoms with Gasteiger partial charge < -0.3 is 5.73 Å². The first kappa shape index (κ1) is 12.5. The second-order valence-corrected chi connectivity index (χ2v) is 4.52. The number of carbonyl (C=O) groups excluding carboxylic acids is 1. The molecule has 1 rings (SSSR count). The Labute approximate surface area is 98.9 Å². The van der Waals surface area contributed by atoms with Gasteiger partial charge in [0.2, 0.25) is 5.91 Å². The Morgan fingerprint density at radius 2 is 2.31 bits per heavy atom. The van der Waals surface area contributed by atoms with Gasteiger partial charge in [0, 0.05) is 17.9 Å². The van der Waals surface area contributed by atoms with Crippen molar-refractivity contribution in [1.82, 2.24) is 4.98 Å². The van der Waals surface area contributed by atoms with E-state index < -0.39 is 0 Å². The van der Waals surface area contributed by atoms with Gasteiger partial charge in [-0.2, -0.15) is 5.26 Å². The van der Waals surface area contributed by atoms with Crippen LogP contribution in [0.1, 0.15) is 23.2 Å². The van der Waals surface area contributed by atoms with E-state index in [0.29, 0.717) is 22.8 Å². The third kappa shape index (κ3) is 3.24. The first-order valence-electron chi connectivity index (χ1n) is 4.84. The molecule has 84 valence electrons. The van der Waals surface area contributed by atoms with Crippen molar-refractivity contribution in [2.45, 2.75) is 25.3 Å². The zero-order valence-electron chi connectivity index (χ0n) is 9.28. The highest BCUT2D eigenvalue weighted by Crippen LogP contribution is 2.23. The molecule has 2 N–H and O–H groups in total. The van der Waals surface area contributed by atoms with Crippen molar-refractivity contribution in [3.8, 4) is 6.07 Å². The molecule has 0 aromatic carbocycles. The van der Waals surface area contributed by atoms with Crippen LogP contribution in [-0.2, 0) is 4.79 Å². The summed E-state index contributed by atoms with van der Waals surface area (Å²) in [6.45, 7) is 3.76. The summed E-state index contributed by atoms with van der Waals surface area (Å²) in [5, 5.41) is 9.69. The topological polar surface area (TPSA) is 79.8 Å². The van der Waals surface area contributed by atoms with E-state index in [4.69, 9.17) is 11.0 Å². The average molecular weight is 235 g/mol. The van der Waals surface area contributed by atoms with Crippen LogP contribution in [0.3, 0.4) is 0 Å². The molecule has 1 aromatic rings. The summed E-state index contributed by atoms with van der Waals surface area (Å²) in [6, 6.07) is 4.00. The van der Waals surface area contributed by atoms with Gasteiger partial charge in [0.1, 0.15) is 11.1 Å². The van der Waals surface area contributed by atoms with Crippen LogP contribution in [0.5, 0.6) is 0 Å². The predicted octanol–water partition coefficient (Wildman–Crippen LogP) is 1.54. The minimum atomic E-state index is -0.338. The van der Waals surface area contributed by atoms with E-state index in [0.717, 1.165) is 11.3 Å². The van der Waals surface area contributed by atoms with Gasteiger partial charge in [-0.05, 0) is 25.5 Å². The molecule has 1 amide bonds. The Balaban J connectivity index is 2.86. The van der Waals surface area contributed by atoms with Crippen LogP contribution in [0.4, 0.5) is 0 Å². The van der Waals surface area contributed by atoms with Crippen LogP contribution >= 0.6 is 11.8 Å². The molecule has 0 saturated heterocycles. The lowest BCUT2D eigenvalue weighted by molar-refractivity contribution is -0.117. The number of aryl methyl sites for hydroxylation is 2. The van der Waals surface area contributed by atoms with Crippen molar-refractivity contribution in [2.75, 3.05) is 5.75 Å². The van der Waals surface area contributed by atoms with Crippen molar-refractivity contribution in [3.63, 3.8) is 0 Å². The van der Waals surface area contributed by atoms with Gasteiger partial charge in [0.25, 0.3) is 0 Å². The van der Waals surface area contributed by atoms with Crippen LogP contribution in [0.2, 0.25) is 0 Å². The van der Waals surface area contributed by atoms with Crippen LogP contribution < -0.4 is 5.73 Å².